The second-order valence-corrected chi connectivity index (χ2v) is 8.09. The van der Waals surface area contributed by atoms with E-state index in [4.69, 9.17) is 32.7 Å². The molecule has 9 heteroatoms. The predicted octanol–water partition coefficient (Wildman–Crippen LogP) is 6.14. The minimum atomic E-state index is -0.537. The fraction of sp³-hybridized carbons (Fsp3) is 0.0870. The van der Waals surface area contributed by atoms with Crippen molar-refractivity contribution in [1.29, 1.82) is 0 Å². The molecule has 0 heterocycles. The first kappa shape index (κ1) is 23.8. The molecular formula is C23H17BrCl2N2O4. The summed E-state index contributed by atoms with van der Waals surface area (Å²) in [6.45, 7) is 2.42. The summed E-state index contributed by atoms with van der Waals surface area (Å²) in [4.78, 5) is 24.8. The van der Waals surface area contributed by atoms with Crippen molar-refractivity contribution in [3.05, 3.63) is 91.9 Å². The third-order valence-electron chi connectivity index (χ3n) is 4.13. The van der Waals surface area contributed by atoms with E-state index < -0.39 is 11.9 Å². The minimum Gasteiger partial charge on any atom is -0.494 e. The van der Waals surface area contributed by atoms with Crippen LogP contribution in [0.25, 0.3) is 0 Å². The van der Waals surface area contributed by atoms with Crippen LogP contribution >= 0.6 is 39.1 Å². The van der Waals surface area contributed by atoms with Crippen LogP contribution in [0, 0.1) is 0 Å². The Bertz CT molecular complexity index is 1170. The first-order valence-corrected chi connectivity index (χ1v) is 11.0. The molecule has 0 aliphatic carbocycles. The molecule has 3 rings (SSSR count). The molecule has 0 bridgehead atoms. The number of amides is 1. The van der Waals surface area contributed by atoms with E-state index in [-0.39, 0.29) is 10.8 Å². The van der Waals surface area contributed by atoms with Crippen molar-refractivity contribution in [2.75, 3.05) is 6.61 Å². The molecule has 0 spiro atoms. The molecule has 0 saturated carbocycles. The van der Waals surface area contributed by atoms with Crippen molar-refractivity contribution >= 4 is 57.2 Å². The largest absolute Gasteiger partial charge is 0.494 e. The maximum absolute atomic E-state index is 12.5. The Morgan fingerprint density at radius 3 is 2.41 bits per heavy atom. The highest BCUT2D eigenvalue weighted by atomic mass is 79.9. The van der Waals surface area contributed by atoms with Crippen LogP contribution in [-0.2, 0) is 0 Å². The molecule has 164 valence electrons. The van der Waals surface area contributed by atoms with E-state index in [1.807, 2.05) is 6.92 Å². The molecule has 0 fully saturated rings. The van der Waals surface area contributed by atoms with Crippen molar-refractivity contribution in [2.24, 2.45) is 5.10 Å². The summed E-state index contributed by atoms with van der Waals surface area (Å²) in [5.41, 5.74) is 3.55. The maximum atomic E-state index is 12.5. The molecule has 1 N–H and O–H groups in total. The molecule has 0 aliphatic rings. The third kappa shape index (κ3) is 6.32. The molecule has 3 aromatic carbocycles. The van der Waals surface area contributed by atoms with Crippen LogP contribution in [0.2, 0.25) is 10.0 Å². The monoisotopic (exact) mass is 534 g/mol. The summed E-state index contributed by atoms with van der Waals surface area (Å²) < 4.78 is 11.6. The van der Waals surface area contributed by atoms with Gasteiger partial charge in [0.05, 0.1) is 28.4 Å². The SMILES string of the molecule is CCOc1ccc(C(=O)Oc2ccc(Br)cc2C=NNC(=O)c2ccc(Cl)c(Cl)c2)cc1. The zero-order chi connectivity index (χ0) is 23.1. The molecule has 0 saturated heterocycles. The number of nitrogens with zero attached hydrogens (tertiary/aromatic N) is 1. The Hall–Kier alpha value is -2.87. The summed E-state index contributed by atoms with van der Waals surface area (Å²) in [7, 11) is 0. The number of hydrogen-bond donors (Lipinski definition) is 1. The lowest BCUT2D eigenvalue weighted by Crippen LogP contribution is -2.17. The van der Waals surface area contributed by atoms with E-state index in [1.165, 1.54) is 24.4 Å². The summed E-state index contributed by atoms with van der Waals surface area (Å²) in [5.74, 6) is -0.0644. The van der Waals surface area contributed by atoms with E-state index in [1.54, 1.807) is 42.5 Å². The normalized spacial score (nSPS) is 10.8. The number of rotatable bonds is 7. The number of benzene rings is 3. The van der Waals surface area contributed by atoms with Gasteiger partial charge in [0.2, 0.25) is 0 Å². The number of ether oxygens (including phenoxy) is 2. The molecule has 6 nitrogen and oxygen atoms in total. The van der Waals surface area contributed by atoms with Crippen molar-refractivity contribution in [3.63, 3.8) is 0 Å². The molecule has 0 aromatic heterocycles. The lowest BCUT2D eigenvalue weighted by Gasteiger charge is -2.09. The zero-order valence-corrected chi connectivity index (χ0v) is 19.9. The first-order valence-electron chi connectivity index (χ1n) is 9.40. The van der Waals surface area contributed by atoms with Gasteiger partial charge in [-0.15, -0.1) is 0 Å². The second kappa shape index (κ2) is 11.1. The maximum Gasteiger partial charge on any atom is 0.343 e. The summed E-state index contributed by atoms with van der Waals surface area (Å²) in [6, 6.07) is 16.2. The smallest absolute Gasteiger partial charge is 0.343 e. The van der Waals surface area contributed by atoms with Gasteiger partial charge < -0.3 is 9.47 Å². The first-order chi connectivity index (χ1) is 15.4. The van der Waals surface area contributed by atoms with Crippen LogP contribution in [0.15, 0.2) is 70.2 Å². The van der Waals surface area contributed by atoms with Gasteiger partial charge in [-0.2, -0.15) is 5.10 Å². The molecule has 0 radical (unpaired) electrons. The molecule has 1 amide bonds. The summed E-state index contributed by atoms with van der Waals surface area (Å²) in [5, 5.41) is 4.56. The highest BCUT2D eigenvalue weighted by Crippen LogP contribution is 2.24. The highest BCUT2D eigenvalue weighted by molar-refractivity contribution is 9.10. The number of carbonyl (C=O) groups is 2. The summed E-state index contributed by atoms with van der Waals surface area (Å²) in [6.07, 6.45) is 1.38. The summed E-state index contributed by atoms with van der Waals surface area (Å²) >= 11 is 15.2. The van der Waals surface area contributed by atoms with Crippen LogP contribution in [-0.4, -0.2) is 24.7 Å². The van der Waals surface area contributed by atoms with Crippen molar-refractivity contribution in [3.8, 4) is 11.5 Å². The van der Waals surface area contributed by atoms with E-state index in [2.05, 4.69) is 26.5 Å². The Morgan fingerprint density at radius 2 is 1.72 bits per heavy atom. The van der Waals surface area contributed by atoms with E-state index >= 15 is 0 Å². The van der Waals surface area contributed by atoms with Gasteiger partial charge in [-0.25, -0.2) is 10.2 Å². The minimum absolute atomic E-state index is 0.263. The zero-order valence-electron chi connectivity index (χ0n) is 16.8. The van der Waals surface area contributed by atoms with Crippen molar-refractivity contribution in [2.45, 2.75) is 6.92 Å². The van der Waals surface area contributed by atoms with Gasteiger partial charge in [-0.3, -0.25) is 4.79 Å². The average Bonchev–Trinajstić information content (AvgIpc) is 2.78. The second-order valence-electron chi connectivity index (χ2n) is 6.36. The van der Waals surface area contributed by atoms with Gasteiger partial charge in [-0.1, -0.05) is 39.1 Å². The Labute approximate surface area is 203 Å². The van der Waals surface area contributed by atoms with Gasteiger partial charge in [0.1, 0.15) is 11.5 Å². The van der Waals surface area contributed by atoms with Crippen LogP contribution in [0.3, 0.4) is 0 Å². The molecule has 0 unspecified atom stereocenters. The molecule has 0 aliphatic heterocycles. The van der Waals surface area contributed by atoms with Crippen LogP contribution in [0.1, 0.15) is 33.2 Å². The van der Waals surface area contributed by atoms with Gasteiger partial charge in [0, 0.05) is 15.6 Å². The van der Waals surface area contributed by atoms with Crippen LogP contribution < -0.4 is 14.9 Å². The van der Waals surface area contributed by atoms with Crippen LogP contribution in [0.4, 0.5) is 0 Å². The molecule has 0 atom stereocenters. The Kier molecular flexibility index (Phi) is 8.27. The molecular weight excluding hydrogens is 519 g/mol. The Morgan fingerprint density at radius 1 is 1.00 bits per heavy atom. The van der Waals surface area contributed by atoms with Gasteiger partial charge in [0.15, 0.2) is 0 Å². The Balaban J connectivity index is 1.72. The standard InChI is InChI=1S/C23H17BrCl2N2O4/c1-2-31-18-7-3-14(4-8-18)23(30)32-21-10-6-17(24)11-16(21)13-27-28-22(29)15-5-9-19(25)20(26)12-15/h3-13H,2H2,1H3,(H,28,29). The molecule has 3 aromatic rings. The number of carbonyl (C=O) groups excluding carboxylic acids is 2. The van der Waals surface area contributed by atoms with Crippen LogP contribution in [0.5, 0.6) is 11.5 Å². The van der Waals surface area contributed by atoms with E-state index in [0.717, 1.165) is 4.47 Å². The van der Waals surface area contributed by atoms with Crippen molar-refractivity contribution in [1.82, 2.24) is 5.43 Å². The topological polar surface area (TPSA) is 77.0 Å². The molecule has 32 heavy (non-hydrogen) atoms. The van der Waals surface area contributed by atoms with E-state index in [9.17, 15) is 9.59 Å². The lowest BCUT2D eigenvalue weighted by atomic mass is 10.2. The predicted molar refractivity (Wildman–Crippen MR) is 128 cm³/mol. The number of halogens is 3. The quantitative estimate of drug-likeness (QED) is 0.171. The van der Waals surface area contributed by atoms with E-state index in [0.29, 0.717) is 34.1 Å². The number of hydrazone groups is 1. The van der Waals surface area contributed by atoms with Gasteiger partial charge >= 0.3 is 5.97 Å². The third-order valence-corrected chi connectivity index (χ3v) is 5.36. The average molecular weight is 536 g/mol. The van der Waals surface area contributed by atoms with Gasteiger partial charge in [-0.05, 0) is 67.6 Å². The number of hydrogen-bond acceptors (Lipinski definition) is 5. The fourth-order valence-electron chi connectivity index (χ4n) is 2.59. The van der Waals surface area contributed by atoms with Gasteiger partial charge in [0.25, 0.3) is 5.91 Å². The lowest BCUT2D eigenvalue weighted by molar-refractivity contribution is 0.0734. The number of nitrogens with one attached hydrogen (secondary N) is 1. The van der Waals surface area contributed by atoms with Crippen molar-refractivity contribution < 1.29 is 19.1 Å². The fourth-order valence-corrected chi connectivity index (χ4v) is 3.27. The highest BCUT2D eigenvalue weighted by Gasteiger charge is 2.12. The number of esters is 1.